The van der Waals surface area contributed by atoms with Gasteiger partial charge in [-0.3, -0.25) is 4.79 Å². The summed E-state index contributed by atoms with van der Waals surface area (Å²) in [6.07, 6.45) is 4.55. The minimum absolute atomic E-state index is 0.0436. The van der Waals surface area contributed by atoms with Crippen LogP contribution in [0.1, 0.15) is 38.4 Å². The van der Waals surface area contributed by atoms with Gasteiger partial charge in [0.15, 0.2) is 0 Å². The molecule has 7 heteroatoms. The molecule has 1 aliphatic heterocycles. The highest BCUT2D eigenvalue weighted by Crippen LogP contribution is 2.14. The minimum atomic E-state index is -0.514. The fraction of sp³-hybridized carbons (Fsp3) is 0.550. The molecule has 1 aliphatic rings. The molecule has 0 radical (unpaired) electrons. The van der Waals surface area contributed by atoms with E-state index in [9.17, 15) is 9.59 Å². The van der Waals surface area contributed by atoms with Gasteiger partial charge in [-0.1, -0.05) is 6.07 Å². The predicted octanol–water partition coefficient (Wildman–Crippen LogP) is 2.65. The molecule has 2 amide bonds. The number of ether oxygens (including phenoxy) is 1. The van der Waals surface area contributed by atoms with Crippen LogP contribution in [-0.2, 0) is 16.0 Å². The van der Waals surface area contributed by atoms with E-state index in [1.54, 1.807) is 4.90 Å². The number of rotatable bonds is 2. The van der Waals surface area contributed by atoms with Gasteiger partial charge in [0.25, 0.3) is 0 Å². The monoisotopic (exact) mass is 372 g/mol. The fourth-order valence-electron chi connectivity index (χ4n) is 3.23. The summed E-state index contributed by atoms with van der Waals surface area (Å²) in [6.45, 7) is 9.83. The number of imidazole rings is 1. The Morgan fingerprint density at radius 2 is 1.85 bits per heavy atom. The van der Waals surface area contributed by atoms with Crippen molar-refractivity contribution in [2.24, 2.45) is 0 Å². The minimum Gasteiger partial charge on any atom is -0.444 e. The summed E-state index contributed by atoms with van der Waals surface area (Å²) >= 11 is 0. The maximum atomic E-state index is 12.7. The van der Waals surface area contributed by atoms with E-state index < -0.39 is 5.60 Å². The number of nitrogens with zero attached hydrogens (tertiary/aromatic N) is 4. The number of hydrogen-bond acceptors (Lipinski definition) is 4. The Balaban J connectivity index is 1.60. The molecule has 1 fully saturated rings. The van der Waals surface area contributed by atoms with Gasteiger partial charge in [-0.15, -0.1) is 0 Å². The third-order valence-electron chi connectivity index (χ3n) is 4.56. The lowest BCUT2D eigenvalue weighted by molar-refractivity contribution is -0.130. The van der Waals surface area contributed by atoms with Gasteiger partial charge >= 0.3 is 6.09 Å². The normalized spacial score (nSPS) is 15.7. The first-order chi connectivity index (χ1) is 12.7. The van der Waals surface area contributed by atoms with Crippen LogP contribution in [-0.4, -0.2) is 63.0 Å². The van der Waals surface area contributed by atoms with E-state index in [1.165, 1.54) is 0 Å². The molecule has 27 heavy (non-hydrogen) atoms. The van der Waals surface area contributed by atoms with E-state index in [-0.39, 0.29) is 18.4 Å². The highest BCUT2D eigenvalue weighted by atomic mass is 16.6. The number of amides is 2. The molecule has 146 valence electrons. The first-order valence-electron chi connectivity index (χ1n) is 9.42. The van der Waals surface area contributed by atoms with Crippen LogP contribution in [0.3, 0.4) is 0 Å². The second kappa shape index (κ2) is 7.58. The molecule has 0 aliphatic carbocycles. The van der Waals surface area contributed by atoms with Crippen molar-refractivity contribution in [2.75, 3.05) is 26.2 Å². The Labute approximate surface area is 159 Å². The highest BCUT2D eigenvalue weighted by molar-refractivity contribution is 5.78. The molecule has 1 saturated heterocycles. The molecule has 2 aromatic rings. The van der Waals surface area contributed by atoms with Gasteiger partial charge in [0.2, 0.25) is 5.91 Å². The van der Waals surface area contributed by atoms with Crippen molar-refractivity contribution in [3.05, 3.63) is 35.8 Å². The average molecular weight is 372 g/mol. The Hall–Kier alpha value is -2.57. The van der Waals surface area contributed by atoms with Crippen molar-refractivity contribution in [3.8, 4) is 0 Å². The average Bonchev–Trinajstić information content (AvgIpc) is 2.82. The van der Waals surface area contributed by atoms with E-state index in [0.717, 1.165) is 23.3 Å². The zero-order chi connectivity index (χ0) is 19.6. The van der Waals surface area contributed by atoms with Crippen LogP contribution < -0.4 is 0 Å². The second-order valence-electron chi connectivity index (χ2n) is 8.03. The third-order valence-corrected chi connectivity index (χ3v) is 4.56. The lowest BCUT2D eigenvalue weighted by Crippen LogP contribution is -2.40. The zero-order valence-corrected chi connectivity index (χ0v) is 16.6. The number of pyridine rings is 1. The summed E-state index contributed by atoms with van der Waals surface area (Å²) in [5.74, 6) is 0.0436. The number of aromatic nitrogens is 2. The van der Waals surface area contributed by atoms with Crippen molar-refractivity contribution < 1.29 is 14.3 Å². The molecule has 3 rings (SSSR count). The molecule has 0 bridgehead atoms. The van der Waals surface area contributed by atoms with Crippen LogP contribution in [0.2, 0.25) is 0 Å². The number of fused-ring (bicyclic) bond motifs is 1. The molecule has 0 unspecified atom stereocenters. The largest absolute Gasteiger partial charge is 0.444 e. The van der Waals surface area contributed by atoms with Crippen LogP contribution >= 0.6 is 0 Å². The lowest BCUT2D eigenvalue weighted by Gasteiger charge is -2.26. The summed E-state index contributed by atoms with van der Waals surface area (Å²) in [4.78, 5) is 33.1. The molecule has 0 N–H and O–H groups in total. The zero-order valence-electron chi connectivity index (χ0n) is 16.6. The molecule has 0 spiro atoms. The first kappa shape index (κ1) is 19.2. The number of aryl methyl sites for hydroxylation is 1. The maximum absolute atomic E-state index is 12.7. The van der Waals surface area contributed by atoms with Gasteiger partial charge in [-0.25, -0.2) is 9.78 Å². The first-order valence-corrected chi connectivity index (χ1v) is 9.42. The van der Waals surface area contributed by atoms with E-state index in [2.05, 4.69) is 4.98 Å². The molecule has 7 nitrogen and oxygen atoms in total. The smallest absolute Gasteiger partial charge is 0.410 e. The summed E-state index contributed by atoms with van der Waals surface area (Å²) in [5, 5.41) is 0. The molecule has 0 saturated carbocycles. The summed E-state index contributed by atoms with van der Waals surface area (Å²) in [7, 11) is 0. The van der Waals surface area contributed by atoms with Crippen molar-refractivity contribution >= 4 is 17.6 Å². The van der Waals surface area contributed by atoms with Gasteiger partial charge in [0, 0.05) is 38.6 Å². The standard InChI is InChI=1S/C20H28N4O3/c1-15-7-5-8-24-14-16(21-18(15)24)13-17(25)22-9-6-10-23(12-11-22)19(26)27-20(2,3)4/h5,7-8,14H,6,9-13H2,1-4H3. The van der Waals surface area contributed by atoms with Crippen LogP contribution in [0, 0.1) is 6.92 Å². The molecular weight excluding hydrogens is 344 g/mol. The van der Waals surface area contributed by atoms with Crippen molar-refractivity contribution in [1.82, 2.24) is 19.2 Å². The highest BCUT2D eigenvalue weighted by Gasteiger charge is 2.26. The van der Waals surface area contributed by atoms with Gasteiger partial charge in [0.1, 0.15) is 11.2 Å². The second-order valence-corrected chi connectivity index (χ2v) is 8.03. The maximum Gasteiger partial charge on any atom is 0.410 e. The van der Waals surface area contributed by atoms with Gasteiger partial charge in [-0.05, 0) is 45.7 Å². The number of carbonyl (C=O) groups excluding carboxylic acids is 2. The van der Waals surface area contributed by atoms with Gasteiger partial charge in [-0.2, -0.15) is 0 Å². The van der Waals surface area contributed by atoms with E-state index in [4.69, 9.17) is 4.74 Å². The van der Waals surface area contributed by atoms with Crippen molar-refractivity contribution in [3.63, 3.8) is 0 Å². The van der Waals surface area contributed by atoms with Crippen LogP contribution in [0.4, 0.5) is 4.79 Å². The van der Waals surface area contributed by atoms with Crippen molar-refractivity contribution in [1.29, 1.82) is 0 Å². The Morgan fingerprint density at radius 3 is 2.56 bits per heavy atom. The molecule has 0 aromatic carbocycles. The third kappa shape index (κ3) is 4.78. The Bertz CT molecular complexity index is 837. The molecule has 0 atom stereocenters. The molecule has 3 heterocycles. The SMILES string of the molecule is Cc1cccn2cc(CC(=O)N3CCCN(C(=O)OC(C)(C)C)CC3)nc12. The van der Waals surface area contributed by atoms with Crippen molar-refractivity contribution in [2.45, 2.75) is 46.1 Å². The lowest BCUT2D eigenvalue weighted by atomic mass is 10.2. The molecular formula is C20H28N4O3. The topological polar surface area (TPSA) is 67.2 Å². The summed E-state index contributed by atoms with van der Waals surface area (Å²) in [5.41, 5.74) is 2.22. The van der Waals surface area contributed by atoms with E-state index in [1.807, 2.05) is 61.5 Å². The fourth-order valence-corrected chi connectivity index (χ4v) is 3.23. The summed E-state index contributed by atoms with van der Waals surface area (Å²) < 4.78 is 7.39. The predicted molar refractivity (Wildman–Crippen MR) is 103 cm³/mol. The van der Waals surface area contributed by atoms with Crippen LogP contribution in [0.15, 0.2) is 24.5 Å². The summed E-state index contributed by atoms with van der Waals surface area (Å²) in [6, 6.07) is 3.98. The number of carbonyl (C=O) groups is 2. The van der Waals surface area contributed by atoms with Crippen LogP contribution in [0.25, 0.3) is 5.65 Å². The Kier molecular flexibility index (Phi) is 5.39. The van der Waals surface area contributed by atoms with Gasteiger partial charge < -0.3 is 18.9 Å². The number of hydrogen-bond donors (Lipinski definition) is 0. The molecule has 2 aromatic heterocycles. The van der Waals surface area contributed by atoms with E-state index >= 15 is 0 Å². The van der Waals surface area contributed by atoms with Gasteiger partial charge in [0.05, 0.1) is 12.1 Å². The van der Waals surface area contributed by atoms with E-state index in [0.29, 0.717) is 26.2 Å². The quantitative estimate of drug-likeness (QED) is 0.813. The Morgan fingerprint density at radius 1 is 1.15 bits per heavy atom. The van der Waals surface area contributed by atoms with Crippen LogP contribution in [0.5, 0.6) is 0 Å².